The summed E-state index contributed by atoms with van der Waals surface area (Å²) in [6.45, 7) is 6.09. The van der Waals surface area contributed by atoms with Gasteiger partial charge in [0.25, 0.3) is 5.91 Å². The molecular weight excluding hydrogens is 254 g/mol. The van der Waals surface area contributed by atoms with Gasteiger partial charge in [-0.3, -0.25) is 9.59 Å². The maximum Gasteiger partial charge on any atom is 0.256 e. The molecule has 1 aromatic carbocycles. The third kappa shape index (κ3) is 3.29. The molecule has 5 heteroatoms. The molecular formula is C15H21N3O2. The van der Waals surface area contributed by atoms with E-state index in [1.807, 2.05) is 25.1 Å². The van der Waals surface area contributed by atoms with E-state index in [1.54, 1.807) is 4.90 Å². The van der Waals surface area contributed by atoms with Crippen LogP contribution in [-0.4, -0.2) is 42.9 Å². The van der Waals surface area contributed by atoms with Gasteiger partial charge in [-0.05, 0) is 25.5 Å². The van der Waals surface area contributed by atoms with Gasteiger partial charge in [0, 0.05) is 25.3 Å². The molecule has 1 fully saturated rings. The van der Waals surface area contributed by atoms with Crippen LogP contribution >= 0.6 is 0 Å². The summed E-state index contributed by atoms with van der Waals surface area (Å²) in [6, 6.07) is 5.80. The average molecular weight is 275 g/mol. The third-order valence-electron chi connectivity index (χ3n) is 3.30. The SMILES string of the molecule is CCCNc1ccc(C)cc1C(=O)N1CCNC(=O)C1. The summed E-state index contributed by atoms with van der Waals surface area (Å²) in [4.78, 5) is 25.6. The summed E-state index contributed by atoms with van der Waals surface area (Å²) in [6.07, 6.45) is 0.994. The summed E-state index contributed by atoms with van der Waals surface area (Å²) in [5, 5.41) is 6.00. The van der Waals surface area contributed by atoms with Gasteiger partial charge in [0.05, 0.1) is 12.1 Å². The van der Waals surface area contributed by atoms with Crippen LogP contribution in [0.1, 0.15) is 29.3 Å². The number of benzene rings is 1. The van der Waals surface area contributed by atoms with Crippen molar-refractivity contribution in [2.24, 2.45) is 0 Å². The number of nitrogens with one attached hydrogen (secondary N) is 2. The van der Waals surface area contributed by atoms with Crippen LogP contribution in [0, 0.1) is 6.92 Å². The van der Waals surface area contributed by atoms with Crippen LogP contribution in [0.15, 0.2) is 18.2 Å². The molecule has 5 nitrogen and oxygen atoms in total. The molecule has 1 aliphatic rings. The van der Waals surface area contributed by atoms with Crippen molar-refractivity contribution in [3.05, 3.63) is 29.3 Å². The zero-order valence-corrected chi connectivity index (χ0v) is 12.0. The molecule has 2 N–H and O–H groups in total. The largest absolute Gasteiger partial charge is 0.384 e. The Morgan fingerprint density at radius 3 is 2.95 bits per heavy atom. The first kappa shape index (κ1) is 14.4. The molecule has 0 spiro atoms. The highest BCUT2D eigenvalue weighted by Crippen LogP contribution is 2.20. The lowest BCUT2D eigenvalue weighted by molar-refractivity contribution is -0.123. The maximum absolute atomic E-state index is 12.6. The van der Waals surface area contributed by atoms with Crippen molar-refractivity contribution in [1.82, 2.24) is 10.2 Å². The summed E-state index contributed by atoms with van der Waals surface area (Å²) >= 11 is 0. The molecule has 2 rings (SSSR count). The van der Waals surface area contributed by atoms with Crippen molar-refractivity contribution >= 4 is 17.5 Å². The molecule has 0 aliphatic carbocycles. The lowest BCUT2D eigenvalue weighted by Gasteiger charge is -2.27. The molecule has 0 radical (unpaired) electrons. The first-order valence-corrected chi connectivity index (χ1v) is 7.02. The molecule has 0 atom stereocenters. The fraction of sp³-hybridized carbons (Fsp3) is 0.467. The highest BCUT2D eigenvalue weighted by Gasteiger charge is 2.24. The predicted octanol–water partition coefficient (Wildman–Crippen LogP) is 1.39. The van der Waals surface area contributed by atoms with Crippen LogP contribution in [0.4, 0.5) is 5.69 Å². The maximum atomic E-state index is 12.6. The third-order valence-corrected chi connectivity index (χ3v) is 3.30. The molecule has 1 aromatic rings. The molecule has 1 aliphatic heterocycles. The van der Waals surface area contributed by atoms with E-state index in [1.165, 1.54) is 0 Å². The van der Waals surface area contributed by atoms with Crippen molar-refractivity contribution < 1.29 is 9.59 Å². The number of hydrogen-bond donors (Lipinski definition) is 2. The number of carbonyl (C=O) groups is 2. The smallest absolute Gasteiger partial charge is 0.256 e. The Hall–Kier alpha value is -2.04. The molecule has 108 valence electrons. The quantitative estimate of drug-likeness (QED) is 0.873. The van der Waals surface area contributed by atoms with Gasteiger partial charge in [-0.15, -0.1) is 0 Å². The van der Waals surface area contributed by atoms with E-state index in [-0.39, 0.29) is 18.4 Å². The molecule has 0 unspecified atom stereocenters. The summed E-state index contributed by atoms with van der Waals surface area (Å²) < 4.78 is 0. The minimum absolute atomic E-state index is 0.0813. The number of aryl methyl sites for hydroxylation is 1. The van der Waals surface area contributed by atoms with E-state index in [0.29, 0.717) is 18.7 Å². The Morgan fingerprint density at radius 2 is 2.25 bits per heavy atom. The molecule has 0 bridgehead atoms. The second kappa shape index (κ2) is 6.41. The molecule has 2 amide bonds. The van der Waals surface area contributed by atoms with Crippen LogP contribution in [-0.2, 0) is 4.79 Å². The number of piperazine rings is 1. The van der Waals surface area contributed by atoms with E-state index in [9.17, 15) is 9.59 Å². The molecule has 1 heterocycles. The number of carbonyl (C=O) groups excluding carboxylic acids is 2. The number of anilines is 1. The normalized spacial score (nSPS) is 14.9. The van der Waals surface area contributed by atoms with Crippen LogP contribution in [0.5, 0.6) is 0 Å². The molecule has 0 saturated carbocycles. The van der Waals surface area contributed by atoms with Crippen LogP contribution < -0.4 is 10.6 Å². The van der Waals surface area contributed by atoms with Crippen molar-refractivity contribution in [1.29, 1.82) is 0 Å². The summed E-state index contributed by atoms with van der Waals surface area (Å²) in [7, 11) is 0. The fourth-order valence-electron chi connectivity index (χ4n) is 2.23. The van der Waals surface area contributed by atoms with Crippen molar-refractivity contribution in [3.8, 4) is 0 Å². The Morgan fingerprint density at radius 1 is 1.45 bits per heavy atom. The predicted molar refractivity (Wildman–Crippen MR) is 78.9 cm³/mol. The number of amides is 2. The minimum atomic E-state index is -0.0969. The van der Waals surface area contributed by atoms with E-state index in [4.69, 9.17) is 0 Å². The number of rotatable bonds is 4. The van der Waals surface area contributed by atoms with Gasteiger partial charge in [0.2, 0.25) is 5.91 Å². The molecule has 20 heavy (non-hydrogen) atoms. The first-order valence-electron chi connectivity index (χ1n) is 7.02. The Labute approximate surface area is 119 Å². The lowest BCUT2D eigenvalue weighted by Crippen LogP contribution is -2.50. The van der Waals surface area contributed by atoms with Crippen molar-refractivity contribution in [3.63, 3.8) is 0 Å². The van der Waals surface area contributed by atoms with Gasteiger partial charge in [-0.1, -0.05) is 18.6 Å². The van der Waals surface area contributed by atoms with Crippen molar-refractivity contribution in [2.45, 2.75) is 20.3 Å². The van der Waals surface area contributed by atoms with Gasteiger partial charge in [-0.2, -0.15) is 0 Å². The van der Waals surface area contributed by atoms with E-state index < -0.39 is 0 Å². The topological polar surface area (TPSA) is 61.4 Å². The van der Waals surface area contributed by atoms with Gasteiger partial charge >= 0.3 is 0 Å². The minimum Gasteiger partial charge on any atom is -0.384 e. The second-order valence-electron chi connectivity index (χ2n) is 5.05. The van der Waals surface area contributed by atoms with E-state index in [2.05, 4.69) is 17.6 Å². The standard InChI is InChI=1S/C15H21N3O2/c1-3-6-16-13-5-4-11(2)9-12(13)15(20)18-8-7-17-14(19)10-18/h4-5,9,16H,3,6-8,10H2,1-2H3,(H,17,19). The summed E-state index contributed by atoms with van der Waals surface area (Å²) in [5.74, 6) is -0.178. The van der Waals surface area contributed by atoms with E-state index >= 15 is 0 Å². The average Bonchev–Trinajstić information content (AvgIpc) is 2.45. The lowest BCUT2D eigenvalue weighted by atomic mass is 10.1. The van der Waals surface area contributed by atoms with Crippen LogP contribution in [0.3, 0.4) is 0 Å². The van der Waals surface area contributed by atoms with Gasteiger partial charge < -0.3 is 15.5 Å². The zero-order valence-electron chi connectivity index (χ0n) is 12.0. The molecule has 0 aromatic heterocycles. The van der Waals surface area contributed by atoms with Gasteiger partial charge in [-0.25, -0.2) is 0 Å². The molecule has 1 saturated heterocycles. The van der Waals surface area contributed by atoms with Gasteiger partial charge in [0.15, 0.2) is 0 Å². The Bertz CT molecular complexity index is 514. The number of nitrogens with zero attached hydrogens (tertiary/aromatic N) is 1. The monoisotopic (exact) mass is 275 g/mol. The highest BCUT2D eigenvalue weighted by atomic mass is 16.2. The Kier molecular flexibility index (Phi) is 4.61. The fourth-order valence-corrected chi connectivity index (χ4v) is 2.23. The zero-order chi connectivity index (χ0) is 14.5. The van der Waals surface area contributed by atoms with Crippen LogP contribution in [0.25, 0.3) is 0 Å². The van der Waals surface area contributed by atoms with Crippen molar-refractivity contribution in [2.75, 3.05) is 31.5 Å². The van der Waals surface area contributed by atoms with Gasteiger partial charge in [0.1, 0.15) is 0 Å². The van der Waals surface area contributed by atoms with E-state index in [0.717, 1.165) is 24.2 Å². The number of hydrogen-bond acceptors (Lipinski definition) is 3. The summed E-state index contributed by atoms with van der Waals surface area (Å²) in [5.41, 5.74) is 2.53. The first-order chi connectivity index (χ1) is 9.61. The highest BCUT2D eigenvalue weighted by molar-refractivity contribution is 6.01. The van der Waals surface area contributed by atoms with Crippen LogP contribution in [0.2, 0.25) is 0 Å². The second-order valence-corrected chi connectivity index (χ2v) is 5.05. The Balaban J connectivity index is 2.22.